The molecule has 0 saturated carbocycles. The van der Waals surface area contributed by atoms with E-state index in [0.29, 0.717) is 18.6 Å². The largest absolute Gasteiger partial charge is 0.573 e. The normalized spacial score (nSPS) is 14.6. The number of nitrogens with zero attached hydrogens (tertiary/aromatic N) is 1. The molecule has 0 radical (unpaired) electrons. The Morgan fingerprint density at radius 3 is 2.41 bits per heavy atom. The highest BCUT2D eigenvalue weighted by molar-refractivity contribution is 7.87. The quantitative estimate of drug-likeness (QED) is 0.585. The SMILES string of the molecule is O=C(NS(=O)(=O)N1CCC1)c1cc(F)c(COc2ccc(Cl)c(OC(F)(F)F)c2)cc1F. The van der Waals surface area contributed by atoms with Gasteiger partial charge in [-0.3, -0.25) is 4.79 Å². The van der Waals surface area contributed by atoms with Crippen LogP contribution in [-0.2, 0) is 16.8 Å². The van der Waals surface area contributed by atoms with Crippen molar-refractivity contribution >= 4 is 27.7 Å². The minimum atomic E-state index is -5.00. The maximum absolute atomic E-state index is 14.3. The summed E-state index contributed by atoms with van der Waals surface area (Å²) in [5, 5.41) is -0.351. The molecule has 0 unspecified atom stereocenters. The second-order valence-corrected chi connectivity index (χ2v) is 8.62. The molecule has 0 aliphatic carbocycles. The number of hydrogen-bond donors (Lipinski definition) is 1. The van der Waals surface area contributed by atoms with Gasteiger partial charge >= 0.3 is 16.6 Å². The van der Waals surface area contributed by atoms with Gasteiger partial charge in [-0.05, 0) is 30.7 Å². The number of nitrogens with one attached hydrogen (secondary N) is 1. The van der Waals surface area contributed by atoms with Gasteiger partial charge in [0.1, 0.15) is 24.0 Å². The molecule has 1 N–H and O–H groups in total. The summed E-state index contributed by atoms with van der Waals surface area (Å²) in [6, 6.07) is 4.16. The molecule has 7 nitrogen and oxygen atoms in total. The molecule has 1 saturated heterocycles. The van der Waals surface area contributed by atoms with E-state index in [1.165, 1.54) is 6.07 Å². The third kappa shape index (κ3) is 5.78. The van der Waals surface area contributed by atoms with Gasteiger partial charge in [0.05, 0.1) is 10.6 Å². The third-order valence-corrected chi connectivity index (χ3v) is 6.08. The van der Waals surface area contributed by atoms with Crippen LogP contribution in [0.1, 0.15) is 22.3 Å². The van der Waals surface area contributed by atoms with Crippen LogP contribution in [0.3, 0.4) is 0 Å². The number of carbonyl (C=O) groups excluding carboxylic acids is 1. The van der Waals surface area contributed by atoms with E-state index in [1.807, 2.05) is 0 Å². The van der Waals surface area contributed by atoms with Crippen molar-refractivity contribution < 1.29 is 44.6 Å². The summed E-state index contributed by atoms with van der Waals surface area (Å²) >= 11 is 5.62. The van der Waals surface area contributed by atoms with Gasteiger partial charge < -0.3 is 9.47 Å². The lowest BCUT2D eigenvalue weighted by Crippen LogP contribution is -2.49. The number of hydrogen-bond acceptors (Lipinski definition) is 5. The van der Waals surface area contributed by atoms with Crippen molar-refractivity contribution in [2.75, 3.05) is 13.1 Å². The molecule has 3 rings (SSSR count). The average Bonchev–Trinajstić information content (AvgIpc) is 2.60. The second kappa shape index (κ2) is 9.08. The summed E-state index contributed by atoms with van der Waals surface area (Å²) in [7, 11) is -4.16. The first-order chi connectivity index (χ1) is 14.9. The van der Waals surface area contributed by atoms with E-state index in [2.05, 4.69) is 4.74 Å². The van der Waals surface area contributed by atoms with Crippen LogP contribution in [0.4, 0.5) is 22.0 Å². The van der Waals surface area contributed by atoms with Gasteiger partial charge in [-0.25, -0.2) is 13.5 Å². The molecule has 1 heterocycles. The number of benzene rings is 2. The minimum Gasteiger partial charge on any atom is -0.489 e. The summed E-state index contributed by atoms with van der Waals surface area (Å²) in [5.41, 5.74) is -1.22. The number of halogens is 6. The molecule has 1 aliphatic rings. The monoisotopic (exact) mass is 500 g/mol. The van der Waals surface area contributed by atoms with Gasteiger partial charge in [0.15, 0.2) is 5.75 Å². The lowest BCUT2D eigenvalue weighted by atomic mass is 10.1. The number of carbonyl (C=O) groups is 1. The first-order valence-electron chi connectivity index (χ1n) is 8.84. The molecule has 1 amide bonds. The first-order valence-corrected chi connectivity index (χ1v) is 10.7. The predicted octanol–water partition coefficient (Wildman–Crippen LogP) is 3.78. The van der Waals surface area contributed by atoms with E-state index in [4.69, 9.17) is 16.3 Å². The van der Waals surface area contributed by atoms with E-state index < -0.39 is 52.0 Å². The van der Waals surface area contributed by atoms with Crippen LogP contribution in [0.15, 0.2) is 30.3 Å². The van der Waals surface area contributed by atoms with Crippen LogP contribution >= 0.6 is 11.6 Å². The van der Waals surface area contributed by atoms with Crippen molar-refractivity contribution in [2.24, 2.45) is 0 Å². The van der Waals surface area contributed by atoms with Crippen molar-refractivity contribution in [1.82, 2.24) is 9.03 Å². The van der Waals surface area contributed by atoms with Crippen molar-refractivity contribution in [2.45, 2.75) is 19.4 Å². The zero-order valence-electron chi connectivity index (χ0n) is 15.9. The summed E-state index contributed by atoms with van der Waals surface area (Å²) < 4.78 is 101. The highest BCUT2D eigenvalue weighted by Gasteiger charge is 2.32. The van der Waals surface area contributed by atoms with Gasteiger partial charge in [-0.15, -0.1) is 13.2 Å². The van der Waals surface area contributed by atoms with Crippen molar-refractivity contribution in [3.05, 3.63) is 58.1 Å². The molecular weight excluding hydrogens is 487 g/mol. The van der Waals surface area contributed by atoms with E-state index in [-0.39, 0.29) is 29.4 Å². The zero-order valence-corrected chi connectivity index (χ0v) is 17.5. The van der Waals surface area contributed by atoms with Crippen molar-refractivity contribution in [3.8, 4) is 11.5 Å². The van der Waals surface area contributed by atoms with Crippen LogP contribution in [-0.4, -0.2) is 38.1 Å². The fourth-order valence-electron chi connectivity index (χ4n) is 2.57. The Morgan fingerprint density at radius 1 is 1.12 bits per heavy atom. The van der Waals surface area contributed by atoms with Gasteiger partial charge in [0.25, 0.3) is 5.91 Å². The highest BCUT2D eigenvalue weighted by Crippen LogP contribution is 2.33. The van der Waals surface area contributed by atoms with Crippen LogP contribution in [0.2, 0.25) is 5.02 Å². The van der Waals surface area contributed by atoms with Crippen LogP contribution in [0.5, 0.6) is 11.5 Å². The van der Waals surface area contributed by atoms with Gasteiger partial charge in [0, 0.05) is 24.7 Å². The maximum Gasteiger partial charge on any atom is 0.573 e. The van der Waals surface area contributed by atoms with E-state index >= 15 is 0 Å². The Kier molecular flexibility index (Phi) is 6.81. The molecule has 0 spiro atoms. The van der Waals surface area contributed by atoms with E-state index in [9.17, 15) is 35.2 Å². The van der Waals surface area contributed by atoms with E-state index in [0.717, 1.165) is 16.4 Å². The Morgan fingerprint density at radius 2 is 1.81 bits per heavy atom. The first kappa shape index (κ1) is 24.0. The number of rotatable bonds is 7. The summed E-state index contributed by atoms with van der Waals surface area (Å²) in [6.07, 6.45) is -4.39. The lowest BCUT2D eigenvalue weighted by molar-refractivity contribution is -0.274. The van der Waals surface area contributed by atoms with Crippen molar-refractivity contribution in [3.63, 3.8) is 0 Å². The third-order valence-electron chi connectivity index (χ3n) is 4.28. The van der Waals surface area contributed by atoms with Crippen molar-refractivity contribution in [1.29, 1.82) is 0 Å². The zero-order chi connectivity index (χ0) is 23.7. The number of amides is 1. The fraction of sp³-hybridized carbons (Fsp3) is 0.278. The molecule has 2 aromatic rings. The highest BCUT2D eigenvalue weighted by atomic mass is 35.5. The Hall–Kier alpha value is -2.64. The Labute approximate surface area is 183 Å². The smallest absolute Gasteiger partial charge is 0.489 e. The Bertz CT molecular complexity index is 1140. The van der Waals surface area contributed by atoms with Gasteiger partial charge in [0.2, 0.25) is 0 Å². The topological polar surface area (TPSA) is 84.9 Å². The molecule has 14 heteroatoms. The number of alkyl halides is 3. The van der Waals surface area contributed by atoms with Gasteiger partial charge in [-0.1, -0.05) is 11.6 Å². The molecule has 0 bridgehead atoms. The summed E-state index contributed by atoms with van der Waals surface area (Å²) in [5.74, 6) is -4.61. The standard InChI is InChI=1S/C18H14ClF5N2O5S/c19-13-3-2-11(7-16(13)31-18(22,23)24)30-9-10-6-15(21)12(8-14(10)20)17(27)25-32(28,29)26-4-1-5-26/h2-3,6-8H,1,4-5,9H2,(H,25,27). The molecule has 0 atom stereocenters. The molecule has 0 aromatic heterocycles. The number of ether oxygens (including phenoxy) is 2. The van der Waals surface area contributed by atoms with Crippen LogP contribution in [0.25, 0.3) is 0 Å². The average molecular weight is 501 g/mol. The summed E-state index contributed by atoms with van der Waals surface area (Å²) in [4.78, 5) is 12.1. The Balaban J connectivity index is 1.72. The predicted molar refractivity (Wildman–Crippen MR) is 101 cm³/mol. The van der Waals surface area contributed by atoms with E-state index in [1.54, 1.807) is 4.72 Å². The molecule has 174 valence electrons. The van der Waals surface area contributed by atoms with Crippen LogP contribution in [0, 0.1) is 11.6 Å². The van der Waals surface area contributed by atoms with Crippen LogP contribution < -0.4 is 14.2 Å². The molecule has 32 heavy (non-hydrogen) atoms. The molecule has 1 fully saturated rings. The summed E-state index contributed by atoms with van der Waals surface area (Å²) in [6.45, 7) is -0.212. The lowest BCUT2D eigenvalue weighted by Gasteiger charge is -2.29. The van der Waals surface area contributed by atoms with Gasteiger partial charge in [-0.2, -0.15) is 12.7 Å². The molecule has 2 aromatic carbocycles. The second-order valence-electron chi connectivity index (χ2n) is 6.54. The fourth-order valence-corrected chi connectivity index (χ4v) is 3.94. The minimum absolute atomic E-state index is 0.184. The maximum atomic E-state index is 14.3. The molecular formula is C18H14ClF5N2O5S. The molecule has 1 aliphatic heterocycles.